The molecule has 7 heteroatoms. The fourth-order valence-corrected chi connectivity index (χ4v) is 2.65. The van der Waals surface area contributed by atoms with Crippen molar-refractivity contribution in [3.63, 3.8) is 0 Å². The number of hydrogen-bond donors (Lipinski definition) is 0. The number of benzene rings is 1. The Morgan fingerprint density at radius 1 is 1.10 bits per heavy atom. The van der Waals surface area contributed by atoms with E-state index in [1.165, 1.54) is 37.5 Å². The zero-order valence-electron chi connectivity index (χ0n) is 11.1. The third-order valence-corrected chi connectivity index (χ3v) is 4.68. The molecule has 112 valence electrons. The minimum atomic E-state index is -4.45. The van der Waals surface area contributed by atoms with Gasteiger partial charge in [-0.1, -0.05) is 19.1 Å². The molecule has 0 spiro atoms. The third-order valence-electron chi connectivity index (χ3n) is 2.98. The van der Waals surface area contributed by atoms with Crippen molar-refractivity contribution in [1.29, 1.82) is 0 Å². The summed E-state index contributed by atoms with van der Waals surface area (Å²) in [6.07, 6.45) is -1.92. The average Bonchev–Trinajstić information content (AvgIpc) is 2.47. The number of aromatic nitrogens is 1. The van der Waals surface area contributed by atoms with Gasteiger partial charge < -0.3 is 0 Å². The van der Waals surface area contributed by atoms with Gasteiger partial charge in [0.15, 0.2) is 9.84 Å². The molecule has 3 nitrogen and oxygen atoms in total. The van der Waals surface area contributed by atoms with E-state index in [4.69, 9.17) is 0 Å². The Morgan fingerprint density at radius 3 is 2.43 bits per heavy atom. The first kappa shape index (κ1) is 15.5. The van der Waals surface area contributed by atoms with E-state index in [1.807, 2.05) is 0 Å². The molecule has 21 heavy (non-hydrogen) atoms. The van der Waals surface area contributed by atoms with Gasteiger partial charge in [0.2, 0.25) is 0 Å². The summed E-state index contributed by atoms with van der Waals surface area (Å²) in [6, 6.07) is 6.03. The quantitative estimate of drug-likeness (QED) is 0.870. The normalized spacial score (nSPS) is 12.4. The smallest absolute Gasteiger partial charge is 0.263 e. The van der Waals surface area contributed by atoms with Crippen LogP contribution in [-0.4, -0.2) is 19.2 Å². The lowest BCUT2D eigenvalue weighted by Gasteiger charge is -2.09. The molecule has 0 unspecified atom stereocenters. The summed E-state index contributed by atoms with van der Waals surface area (Å²) in [5.74, 6) is -0.0965. The molecule has 1 aromatic carbocycles. The van der Waals surface area contributed by atoms with Crippen molar-refractivity contribution in [2.24, 2.45) is 0 Å². The van der Waals surface area contributed by atoms with Crippen LogP contribution in [0.5, 0.6) is 0 Å². The van der Waals surface area contributed by atoms with Crippen molar-refractivity contribution in [2.45, 2.75) is 18.0 Å². The molecule has 0 atom stereocenters. The largest absolute Gasteiger partial charge is 0.416 e. The molecular weight excluding hydrogens is 303 g/mol. The van der Waals surface area contributed by atoms with Crippen molar-refractivity contribution < 1.29 is 21.6 Å². The number of rotatable bonds is 3. The molecule has 0 N–H and O–H groups in total. The Morgan fingerprint density at radius 2 is 1.81 bits per heavy atom. The summed E-state index contributed by atoms with van der Waals surface area (Å²) in [5.41, 5.74) is -0.190. The van der Waals surface area contributed by atoms with Crippen molar-refractivity contribution in [3.05, 3.63) is 48.3 Å². The lowest BCUT2D eigenvalue weighted by Crippen LogP contribution is -2.05. The van der Waals surface area contributed by atoms with E-state index >= 15 is 0 Å². The van der Waals surface area contributed by atoms with Crippen LogP contribution in [0.2, 0.25) is 0 Å². The number of sulfone groups is 1. The maximum Gasteiger partial charge on any atom is 0.416 e. The van der Waals surface area contributed by atoms with Crippen LogP contribution in [0.4, 0.5) is 13.2 Å². The Balaban J connectivity index is 2.51. The van der Waals surface area contributed by atoms with E-state index in [9.17, 15) is 21.6 Å². The van der Waals surface area contributed by atoms with Gasteiger partial charge in [-0.25, -0.2) is 8.42 Å². The molecule has 0 saturated heterocycles. The van der Waals surface area contributed by atoms with E-state index in [0.29, 0.717) is 5.56 Å². The van der Waals surface area contributed by atoms with Crippen molar-refractivity contribution in [1.82, 2.24) is 4.98 Å². The number of alkyl halides is 3. The lowest BCUT2D eigenvalue weighted by molar-refractivity contribution is -0.137. The highest BCUT2D eigenvalue weighted by molar-refractivity contribution is 7.91. The highest BCUT2D eigenvalue weighted by Crippen LogP contribution is 2.32. The van der Waals surface area contributed by atoms with Crippen LogP contribution in [0.3, 0.4) is 0 Å². The number of pyridine rings is 1. The molecule has 1 heterocycles. The zero-order chi connectivity index (χ0) is 15.7. The minimum absolute atomic E-state index is 0.0000817. The molecule has 0 aliphatic heterocycles. The number of nitrogens with zero attached hydrogens (tertiary/aromatic N) is 1. The van der Waals surface area contributed by atoms with E-state index in [2.05, 4.69) is 4.98 Å². The van der Waals surface area contributed by atoms with E-state index < -0.39 is 21.6 Å². The minimum Gasteiger partial charge on any atom is -0.263 e. The van der Waals surface area contributed by atoms with Crippen LogP contribution in [0.25, 0.3) is 11.1 Å². The molecule has 0 aliphatic rings. The standard InChI is InChI=1S/C14H12F3NO2S/c1-2-21(19,20)13-7-11(8-18-9-13)10-4-3-5-12(6-10)14(15,16)17/h3-9H,2H2,1H3. The van der Waals surface area contributed by atoms with Crippen molar-refractivity contribution in [3.8, 4) is 11.1 Å². The first-order valence-corrected chi connectivity index (χ1v) is 7.74. The summed E-state index contributed by atoms with van der Waals surface area (Å²) >= 11 is 0. The summed E-state index contributed by atoms with van der Waals surface area (Å²) in [5, 5.41) is 0. The molecule has 1 aromatic heterocycles. The summed E-state index contributed by atoms with van der Waals surface area (Å²) < 4.78 is 61.7. The highest BCUT2D eigenvalue weighted by atomic mass is 32.2. The van der Waals surface area contributed by atoms with E-state index in [1.54, 1.807) is 0 Å². The molecule has 2 rings (SSSR count). The maximum atomic E-state index is 12.7. The number of hydrogen-bond acceptors (Lipinski definition) is 3. The second-order valence-electron chi connectivity index (χ2n) is 4.39. The van der Waals surface area contributed by atoms with Gasteiger partial charge in [0.25, 0.3) is 0 Å². The van der Waals surface area contributed by atoms with E-state index in [-0.39, 0.29) is 16.2 Å². The predicted molar refractivity (Wildman–Crippen MR) is 72.4 cm³/mol. The molecule has 0 aliphatic carbocycles. The Labute approximate surface area is 120 Å². The highest BCUT2D eigenvalue weighted by Gasteiger charge is 2.30. The van der Waals surface area contributed by atoms with Gasteiger partial charge in [0.1, 0.15) is 0 Å². The molecule has 2 aromatic rings. The fourth-order valence-electron chi connectivity index (χ4n) is 1.79. The summed E-state index contributed by atoms with van der Waals surface area (Å²) in [7, 11) is -3.45. The zero-order valence-corrected chi connectivity index (χ0v) is 11.9. The van der Waals surface area contributed by atoms with E-state index in [0.717, 1.165) is 12.1 Å². The summed E-state index contributed by atoms with van der Waals surface area (Å²) in [4.78, 5) is 3.81. The maximum absolute atomic E-state index is 12.7. The van der Waals surface area contributed by atoms with Crippen LogP contribution < -0.4 is 0 Å². The van der Waals surface area contributed by atoms with Gasteiger partial charge >= 0.3 is 6.18 Å². The van der Waals surface area contributed by atoms with Crippen LogP contribution >= 0.6 is 0 Å². The van der Waals surface area contributed by atoms with Gasteiger partial charge in [-0.2, -0.15) is 13.2 Å². The van der Waals surface area contributed by atoms with Crippen LogP contribution in [0, 0.1) is 0 Å². The molecule has 0 amide bonds. The van der Waals surface area contributed by atoms with Crippen molar-refractivity contribution >= 4 is 9.84 Å². The molecule has 0 fully saturated rings. The molecule has 0 radical (unpaired) electrons. The fraction of sp³-hybridized carbons (Fsp3) is 0.214. The molecule has 0 saturated carbocycles. The first-order valence-electron chi connectivity index (χ1n) is 6.09. The summed E-state index contributed by atoms with van der Waals surface area (Å²) in [6.45, 7) is 1.49. The number of halogens is 3. The van der Waals surface area contributed by atoms with Gasteiger partial charge in [-0.15, -0.1) is 0 Å². The Hall–Kier alpha value is -1.89. The lowest BCUT2D eigenvalue weighted by atomic mass is 10.0. The second kappa shape index (κ2) is 5.48. The van der Waals surface area contributed by atoms with Gasteiger partial charge in [-0.05, 0) is 23.8 Å². The average molecular weight is 315 g/mol. The Kier molecular flexibility index (Phi) is 4.04. The molecule has 0 bridgehead atoms. The predicted octanol–water partition coefficient (Wildman–Crippen LogP) is 3.56. The first-order chi connectivity index (χ1) is 9.74. The topological polar surface area (TPSA) is 47.0 Å². The van der Waals surface area contributed by atoms with Gasteiger partial charge in [0, 0.05) is 18.0 Å². The van der Waals surface area contributed by atoms with Crippen LogP contribution in [0.15, 0.2) is 47.6 Å². The SMILES string of the molecule is CCS(=O)(=O)c1cncc(-c2cccc(C(F)(F)F)c2)c1. The van der Waals surface area contributed by atoms with Gasteiger partial charge in [-0.3, -0.25) is 4.98 Å². The molecular formula is C14H12F3NO2S. The third kappa shape index (κ3) is 3.41. The Bertz CT molecular complexity index is 755. The second-order valence-corrected chi connectivity index (χ2v) is 6.67. The van der Waals surface area contributed by atoms with Crippen LogP contribution in [-0.2, 0) is 16.0 Å². The van der Waals surface area contributed by atoms with Gasteiger partial charge in [0.05, 0.1) is 16.2 Å². The van der Waals surface area contributed by atoms with Crippen molar-refractivity contribution in [2.75, 3.05) is 5.75 Å². The van der Waals surface area contributed by atoms with Crippen LogP contribution in [0.1, 0.15) is 12.5 Å². The monoisotopic (exact) mass is 315 g/mol.